The van der Waals surface area contributed by atoms with Crippen LogP contribution in [0.4, 0.5) is 10.5 Å². The number of anilines is 1. The normalized spacial score (nSPS) is 15.8. The van der Waals surface area contributed by atoms with Crippen LogP contribution in [0.15, 0.2) is 29.6 Å². The lowest BCUT2D eigenvalue weighted by Crippen LogP contribution is -2.35. The molecule has 1 N–H and O–H groups in total. The largest absolute Gasteiger partial charge is 0.323 e. The number of carbonyl (C=O) groups excluding carboxylic acids is 1. The number of hydrogen-bond donors (Lipinski definition) is 1. The molecular formula is C15H15BrN2OS. The van der Waals surface area contributed by atoms with Crippen LogP contribution in [0, 0.1) is 6.92 Å². The van der Waals surface area contributed by atoms with E-state index >= 15 is 0 Å². The van der Waals surface area contributed by atoms with Crippen LogP contribution in [-0.4, -0.2) is 18.0 Å². The Morgan fingerprint density at radius 1 is 1.40 bits per heavy atom. The lowest BCUT2D eigenvalue weighted by Gasteiger charge is -2.26. The van der Waals surface area contributed by atoms with Crippen LogP contribution in [0.2, 0.25) is 0 Å². The molecule has 0 saturated heterocycles. The van der Waals surface area contributed by atoms with E-state index in [4.69, 9.17) is 0 Å². The monoisotopic (exact) mass is 350 g/mol. The minimum absolute atomic E-state index is 0.0465. The Morgan fingerprint density at radius 3 is 2.90 bits per heavy atom. The molecule has 2 amide bonds. The van der Waals surface area contributed by atoms with Crippen molar-refractivity contribution in [3.05, 3.63) is 51.2 Å². The van der Waals surface area contributed by atoms with Crippen molar-refractivity contribution < 1.29 is 4.79 Å². The summed E-state index contributed by atoms with van der Waals surface area (Å²) in [7, 11) is 1.81. The van der Waals surface area contributed by atoms with Gasteiger partial charge in [0.1, 0.15) is 0 Å². The Bertz CT molecular complexity index is 668. The van der Waals surface area contributed by atoms with E-state index in [1.807, 2.05) is 6.07 Å². The van der Waals surface area contributed by atoms with Crippen molar-refractivity contribution in [3.8, 4) is 0 Å². The molecule has 1 aromatic heterocycles. The van der Waals surface area contributed by atoms with Crippen molar-refractivity contribution in [2.45, 2.75) is 18.3 Å². The standard InChI is InChI=1S/C15H15BrN2OS/c1-9-5-6-20-14(9)13(16)10-3-4-12-11(7-10)8-18(2)15(19)17-12/h3-7,13H,8H2,1-2H3,(H,17,19). The van der Waals surface area contributed by atoms with Gasteiger partial charge in [-0.25, -0.2) is 4.79 Å². The lowest BCUT2D eigenvalue weighted by molar-refractivity contribution is 0.218. The molecule has 0 bridgehead atoms. The Kier molecular flexibility index (Phi) is 3.56. The van der Waals surface area contributed by atoms with Gasteiger partial charge >= 0.3 is 6.03 Å². The fourth-order valence-corrected chi connectivity index (χ4v) is 4.26. The summed E-state index contributed by atoms with van der Waals surface area (Å²) in [5, 5.41) is 5.01. The van der Waals surface area contributed by atoms with E-state index < -0.39 is 0 Å². The molecule has 0 aliphatic carbocycles. The average molecular weight is 351 g/mol. The van der Waals surface area contributed by atoms with Gasteiger partial charge in [0.2, 0.25) is 0 Å². The third-order valence-electron chi connectivity index (χ3n) is 3.55. The first-order valence-corrected chi connectivity index (χ1v) is 8.19. The van der Waals surface area contributed by atoms with Crippen LogP contribution in [0.5, 0.6) is 0 Å². The average Bonchev–Trinajstić information content (AvgIpc) is 2.85. The third kappa shape index (κ3) is 2.36. The molecule has 1 aliphatic heterocycles. The van der Waals surface area contributed by atoms with Gasteiger partial charge in [0, 0.05) is 24.2 Å². The Balaban J connectivity index is 1.95. The van der Waals surface area contributed by atoms with Gasteiger partial charge in [0.25, 0.3) is 0 Å². The predicted octanol–water partition coefficient (Wildman–Crippen LogP) is 4.52. The summed E-state index contributed by atoms with van der Waals surface area (Å²) < 4.78 is 0. The summed E-state index contributed by atoms with van der Waals surface area (Å²) in [6.45, 7) is 2.78. The van der Waals surface area contributed by atoms with Crippen molar-refractivity contribution in [3.63, 3.8) is 0 Å². The molecule has 0 fully saturated rings. The molecule has 3 nitrogen and oxygen atoms in total. The molecular weight excluding hydrogens is 336 g/mol. The molecule has 2 aromatic rings. The van der Waals surface area contributed by atoms with Gasteiger partial charge in [-0.05, 0) is 41.1 Å². The topological polar surface area (TPSA) is 32.3 Å². The number of halogens is 1. The number of fused-ring (bicyclic) bond motifs is 1. The highest BCUT2D eigenvalue weighted by Crippen LogP contribution is 2.38. The number of aryl methyl sites for hydroxylation is 1. The van der Waals surface area contributed by atoms with Gasteiger partial charge in [-0.1, -0.05) is 28.1 Å². The summed E-state index contributed by atoms with van der Waals surface area (Å²) in [6, 6.07) is 8.33. The first-order chi connectivity index (χ1) is 9.56. The van der Waals surface area contributed by atoms with Gasteiger partial charge in [0.05, 0.1) is 4.83 Å². The van der Waals surface area contributed by atoms with Gasteiger partial charge in [-0.3, -0.25) is 0 Å². The third-order valence-corrected chi connectivity index (χ3v) is 5.92. The predicted molar refractivity (Wildman–Crippen MR) is 86.8 cm³/mol. The molecule has 0 saturated carbocycles. The summed E-state index contributed by atoms with van der Waals surface area (Å²) in [5.41, 5.74) is 4.60. The van der Waals surface area contributed by atoms with E-state index in [9.17, 15) is 4.79 Å². The molecule has 1 aliphatic rings. The van der Waals surface area contributed by atoms with Crippen molar-refractivity contribution in [1.29, 1.82) is 0 Å². The van der Waals surface area contributed by atoms with Crippen LogP contribution in [0.25, 0.3) is 0 Å². The van der Waals surface area contributed by atoms with E-state index in [-0.39, 0.29) is 10.9 Å². The lowest BCUT2D eigenvalue weighted by atomic mass is 10.0. The van der Waals surface area contributed by atoms with Gasteiger partial charge < -0.3 is 10.2 Å². The highest BCUT2D eigenvalue weighted by atomic mass is 79.9. The number of hydrogen-bond acceptors (Lipinski definition) is 2. The van der Waals surface area contributed by atoms with Crippen LogP contribution in [-0.2, 0) is 6.54 Å². The van der Waals surface area contributed by atoms with Crippen LogP contribution >= 0.6 is 27.3 Å². The van der Waals surface area contributed by atoms with Crippen LogP contribution in [0.3, 0.4) is 0 Å². The maximum absolute atomic E-state index is 11.6. The van der Waals surface area contributed by atoms with Crippen molar-refractivity contribution in [2.75, 3.05) is 12.4 Å². The second-order valence-corrected chi connectivity index (χ2v) is 6.90. The maximum atomic E-state index is 11.6. The van der Waals surface area contributed by atoms with E-state index in [1.54, 1.807) is 23.3 Å². The first kappa shape index (κ1) is 13.6. The van der Waals surface area contributed by atoms with Crippen molar-refractivity contribution in [1.82, 2.24) is 4.90 Å². The van der Waals surface area contributed by atoms with Gasteiger partial charge in [-0.2, -0.15) is 0 Å². The number of amides is 2. The Morgan fingerprint density at radius 2 is 2.20 bits per heavy atom. The molecule has 1 aromatic carbocycles. The zero-order chi connectivity index (χ0) is 14.3. The summed E-state index contributed by atoms with van der Waals surface area (Å²) in [6.07, 6.45) is 0. The van der Waals surface area contributed by atoms with E-state index in [2.05, 4.69) is 51.7 Å². The quantitative estimate of drug-likeness (QED) is 0.793. The number of nitrogens with one attached hydrogen (secondary N) is 1. The molecule has 2 heterocycles. The molecule has 1 unspecified atom stereocenters. The molecule has 0 spiro atoms. The summed E-state index contributed by atoms with van der Waals surface area (Å²) in [4.78, 5) is 14.8. The van der Waals surface area contributed by atoms with Gasteiger partial charge in [-0.15, -0.1) is 11.3 Å². The minimum Gasteiger partial charge on any atom is -0.323 e. The van der Waals surface area contributed by atoms with E-state index in [0.717, 1.165) is 11.3 Å². The molecule has 5 heteroatoms. The number of alkyl halides is 1. The number of benzene rings is 1. The minimum atomic E-state index is -0.0465. The van der Waals surface area contributed by atoms with E-state index in [1.165, 1.54) is 16.0 Å². The van der Waals surface area contributed by atoms with Crippen LogP contribution < -0.4 is 5.32 Å². The number of nitrogens with zero attached hydrogens (tertiary/aromatic N) is 1. The maximum Gasteiger partial charge on any atom is 0.321 e. The second kappa shape index (κ2) is 5.22. The molecule has 20 heavy (non-hydrogen) atoms. The zero-order valence-corrected chi connectivity index (χ0v) is 13.7. The molecule has 104 valence electrons. The SMILES string of the molecule is Cc1ccsc1C(Br)c1ccc2c(c1)CN(C)C(=O)N2. The highest BCUT2D eigenvalue weighted by molar-refractivity contribution is 9.09. The summed E-state index contributed by atoms with van der Waals surface area (Å²) >= 11 is 5.55. The van der Waals surface area contributed by atoms with Crippen LogP contribution in [0.1, 0.15) is 26.4 Å². The van der Waals surface area contributed by atoms with Crippen molar-refractivity contribution in [2.24, 2.45) is 0 Å². The highest BCUT2D eigenvalue weighted by Gasteiger charge is 2.21. The fourth-order valence-electron chi connectivity index (χ4n) is 2.36. The smallest absolute Gasteiger partial charge is 0.321 e. The zero-order valence-electron chi connectivity index (χ0n) is 11.3. The van der Waals surface area contributed by atoms with Gasteiger partial charge in [0.15, 0.2) is 0 Å². The van der Waals surface area contributed by atoms with Crippen molar-refractivity contribution >= 4 is 39.0 Å². The number of rotatable bonds is 2. The number of carbonyl (C=O) groups is 1. The summed E-state index contributed by atoms with van der Waals surface area (Å²) in [5.74, 6) is 0. The molecule has 1 atom stereocenters. The first-order valence-electron chi connectivity index (χ1n) is 6.39. The fraction of sp³-hybridized carbons (Fsp3) is 0.267. The second-order valence-electron chi connectivity index (χ2n) is 5.03. The van der Waals surface area contributed by atoms with E-state index in [0.29, 0.717) is 6.54 Å². The Labute approximate surface area is 130 Å². The Hall–Kier alpha value is -1.33. The molecule has 3 rings (SSSR count). The number of thiophene rings is 1. The molecule has 0 radical (unpaired) electrons. The number of urea groups is 1.